The van der Waals surface area contributed by atoms with Crippen LogP contribution in [0.3, 0.4) is 0 Å². The molecule has 0 radical (unpaired) electrons. The first-order valence-corrected chi connectivity index (χ1v) is 7.42. The molecule has 112 valence electrons. The van der Waals surface area contributed by atoms with Gasteiger partial charge >= 0.3 is 0 Å². The van der Waals surface area contributed by atoms with Crippen molar-refractivity contribution in [2.45, 2.75) is 19.4 Å². The zero-order valence-electron chi connectivity index (χ0n) is 12.4. The number of anilines is 1. The first-order chi connectivity index (χ1) is 10.8. The molecule has 0 bridgehead atoms. The second-order valence-electron chi connectivity index (χ2n) is 5.51. The monoisotopic (exact) mass is 295 g/mol. The van der Waals surface area contributed by atoms with E-state index in [9.17, 15) is 0 Å². The molecule has 0 saturated heterocycles. The maximum Gasteiger partial charge on any atom is 0.225 e. The number of nitrogens with one attached hydrogen (secondary N) is 1. The molecule has 6 heteroatoms. The Morgan fingerprint density at radius 2 is 2.27 bits per heavy atom. The van der Waals surface area contributed by atoms with Crippen molar-refractivity contribution < 1.29 is 4.74 Å². The van der Waals surface area contributed by atoms with E-state index in [2.05, 4.69) is 38.5 Å². The van der Waals surface area contributed by atoms with E-state index in [-0.39, 0.29) is 0 Å². The summed E-state index contributed by atoms with van der Waals surface area (Å²) in [5.74, 6) is 1.63. The summed E-state index contributed by atoms with van der Waals surface area (Å²) in [4.78, 5) is 13.0. The van der Waals surface area contributed by atoms with Crippen molar-refractivity contribution in [1.82, 2.24) is 19.5 Å². The minimum Gasteiger partial charge on any atom is -0.493 e. The van der Waals surface area contributed by atoms with Gasteiger partial charge < -0.3 is 14.6 Å². The van der Waals surface area contributed by atoms with Gasteiger partial charge in [0, 0.05) is 13.6 Å². The van der Waals surface area contributed by atoms with Crippen LogP contribution in [0.25, 0.3) is 11.2 Å². The van der Waals surface area contributed by atoms with Crippen LogP contribution in [0.1, 0.15) is 17.5 Å². The smallest absolute Gasteiger partial charge is 0.225 e. The Morgan fingerprint density at radius 3 is 3.23 bits per heavy atom. The van der Waals surface area contributed by atoms with Crippen LogP contribution in [-0.4, -0.2) is 26.1 Å². The standard InChI is InChI=1S/C16H17N5O/c1-21-10-19-13-9-18-16(20-15(13)21)17-8-11-4-5-14-12(7-11)3-2-6-22-14/h4-5,7,9-10H,2-3,6,8H2,1H3,(H,17,18,20). The summed E-state index contributed by atoms with van der Waals surface area (Å²) in [6.45, 7) is 1.51. The second-order valence-corrected chi connectivity index (χ2v) is 5.51. The van der Waals surface area contributed by atoms with Crippen LogP contribution in [0.2, 0.25) is 0 Å². The van der Waals surface area contributed by atoms with Crippen molar-refractivity contribution in [3.63, 3.8) is 0 Å². The molecule has 0 atom stereocenters. The van der Waals surface area contributed by atoms with E-state index in [4.69, 9.17) is 4.74 Å². The number of hydrogen-bond donors (Lipinski definition) is 1. The summed E-state index contributed by atoms with van der Waals surface area (Å²) in [6, 6.07) is 6.33. The molecule has 0 aliphatic carbocycles. The number of fused-ring (bicyclic) bond motifs is 2. The molecule has 1 aliphatic rings. The number of aryl methyl sites for hydroxylation is 2. The Balaban J connectivity index is 1.52. The van der Waals surface area contributed by atoms with Gasteiger partial charge in [0.05, 0.1) is 19.1 Å². The fraction of sp³-hybridized carbons (Fsp3) is 0.312. The predicted molar refractivity (Wildman–Crippen MR) is 83.9 cm³/mol. The lowest BCUT2D eigenvalue weighted by Gasteiger charge is -2.18. The van der Waals surface area contributed by atoms with E-state index >= 15 is 0 Å². The van der Waals surface area contributed by atoms with Crippen LogP contribution in [0.5, 0.6) is 5.75 Å². The Labute approximate surface area is 128 Å². The highest BCUT2D eigenvalue weighted by molar-refractivity contribution is 5.70. The Hall–Kier alpha value is -2.63. The number of ether oxygens (including phenoxy) is 1. The highest BCUT2D eigenvalue weighted by Gasteiger charge is 2.10. The molecule has 22 heavy (non-hydrogen) atoms. The molecule has 1 N–H and O–H groups in total. The minimum absolute atomic E-state index is 0.616. The highest BCUT2D eigenvalue weighted by atomic mass is 16.5. The maximum atomic E-state index is 5.64. The Morgan fingerprint density at radius 1 is 1.32 bits per heavy atom. The van der Waals surface area contributed by atoms with Crippen LogP contribution in [0.15, 0.2) is 30.7 Å². The summed E-state index contributed by atoms with van der Waals surface area (Å²) < 4.78 is 7.53. The molecule has 0 spiro atoms. The van der Waals surface area contributed by atoms with E-state index in [0.717, 1.165) is 36.4 Å². The lowest BCUT2D eigenvalue weighted by molar-refractivity contribution is 0.288. The number of nitrogens with zero attached hydrogens (tertiary/aromatic N) is 4. The third kappa shape index (κ3) is 2.36. The molecule has 4 rings (SSSR count). The van der Waals surface area contributed by atoms with Crippen LogP contribution in [-0.2, 0) is 20.0 Å². The summed E-state index contributed by atoms with van der Waals surface area (Å²) in [7, 11) is 1.93. The lowest BCUT2D eigenvalue weighted by atomic mass is 10.0. The van der Waals surface area contributed by atoms with E-state index in [0.29, 0.717) is 12.5 Å². The molecule has 0 saturated carbocycles. The number of hydrogen-bond acceptors (Lipinski definition) is 5. The van der Waals surface area contributed by atoms with Gasteiger partial charge in [0.25, 0.3) is 0 Å². The third-order valence-electron chi connectivity index (χ3n) is 3.88. The summed E-state index contributed by atoms with van der Waals surface area (Å²) in [6.07, 6.45) is 5.66. The topological polar surface area (TPSA) is 64.9 Å². The summed E-state index contributed by atoms with van der Waals surface area (Å²) in [5, 5.41) is 3.27. The van der Waals surface area contributed by atoms with Crippen molar-refractivity contribution in [3.8, 4) is 5.75 Å². The summed E-state index contributed by atoms with van der Waals surface area (Å²) in [5.41, 5.74) is 4.13. The molecule has 3 aromatic rings. The first-order valence-electron chi connectivity index (χ1n) is 7.42. The van der Waals surface area contributed by atoms with Gasteiger partial charge in [0.15, 0.2) is 5.65 Å². The van der Waals surface area contributed by atoms with E-state index < -0.39 is 0 Å². The zero-order valence-corrected chi connectivity index (χ0v) is 12.4. The maximum absolute atomic E-state index is 5.64. The van der Waals surface area contributed by atoms with Gasteiger partial charge in [-0.05, 0) is 30.0 Å². The van der Waals surface area contributed by atoms with Crippen molar-refractivity contribution in [2.75, 3.05) is 11.9 Å². The van der Waals surface area contributed by atoms with Crippen molar-refractivity contribution in [3.05, 3.63) is 41.9 Å². The highest BCUT2D eigenvalue weighted by Crippen LogP contribution is 2.25. The molecule has 0 amide bonds. The lowest BCUT2D eigenvalue weighted by Crippen LogP contribution is -2.10. The molecule has 1 aromatic carbocycles. The largest absolute Gasteiger partial charge is 0.493 e. The fourth-order valence-electron chi connectivity index (χ4n) is 2.71. The van der Waals surface area contributed by atoms with Gasteiger partial charge in [0.2, 0.25) is 5.95 Å². The molecular weight excluding hydrogens is 278 g/mol. The quantitative estimate of drug-likeness (QED) is 0.803. The fourth-order valence-corrected chi connectivity index (χ4v) is 2.71. The minimum atomic E-state index is 0.616. The number of rotatable bonds is 3. The van der Waals surface area contributed by atoms with Crippen molar-refractivity contribution in [1.29, 1.82) is 0 Å². The zero-order chi connectivity index (χ0) is 14.9. The van der Waals surface area contributed by atoms with Gasteiger partial charge in [-0.15, -0.1) is 0 Å². The molecule has 6 nitrogen and oxygen atoms in total. The van der Waals surface area contributed by atoms with E-state index in [1.165, 1.54) is 11.1 Å². The van der Waals surface area contributed by atoms with Crippen molar-refractivity contribution >= 4 is 17.1 Å². The molecule has 0 unspecified atom stereocenters. The molecular formula is C16H17N5O. The average molecular weight is 295 g/mol. The van der Waals surface area contributed by atoms with Gasteiger partial charge in [-0.25, -0.2) is 9.97 Å². The molecule has 3 heterocycles. The molecule has 1 aliphatic heterocycles. The van der Waals surface area contributed by atoms with Crippen molar-refractivity contribution in [2.24, 2.45) is 7.05 Å². The summed E-state index contributed by atoms with van der Waals surface area (Å²) >= 11 is 0. The third-order valence-corrected chi connectivity index (χ3v) is 3.88. The second kappa shape index (κ2) is 5.29. The number of benzene rings is 1. The van der Waals surface area contributed by atoms with Crippen LogP contribution < -0.4 is 10.1 Å². The molecule has 2 aromatic heterocycles. The Kier molecular flexibility index (Phi) is 3.14. The SMILES string of the molecule is Cn1cnc2cnc(NCc3ccc4c(c3)CCCO4)nc21. The predicted octanol–water partition coefficient (Wildman–Crippen LogP) is 2.30. The van der Waals surface area contributed by atoms with Gasteiger partial charge in [-0.2, -0.15) is 4.98 Å². The van der Waals surface area contributed by atoms with Crippen LogP contribution >= 0.6 is 0 Å². The number of aromatic nitrogens is 4. The first kappa shape index (κ1) is 13.1. The van der Waals surface area contributed by atoms with E-state index in [1.807, 2.05) is 11.6 Å². The number of imidazole rings is 1. The average Bonchev–Trinajstić information content (AvgIpc) is 2.93. The van der Waals surface area contributed by atoms with Gasteiger partial charge in [0.1, 0.15) is 11.3 Å². The van der Waals surface area contributed by atoms with Crippen LogP contribution in [0.4, 0.5) is 5.95 Å². The van der Waals surface area contributed by atoms with Crippen LogP contribution in [0, 0.1) is 0 Å². The normalized spacial score (nSPS) is 13.7. The van der Waals surface area contributed by atoms with E-state index in [1.54, 1.807) is 12.5 Å². The van der Waals surface area contributed by atoms with Gasteiger partial charge in [-0.3, -0.25) is 0 Å². The molecule has 0 fully saturated rings. The Bertz CT molecular complexity index is 827. The van der Waals surface area contributed by atoms with Gasteiger partial charge in [-0.1, -0.05) is 12.1 Å².